The van der Waals surface area contributed by atoms with Gasteiger partial charge in [0.1, 0.15) is 0 Å². The first-order valence-electron chi connectivity index (χ1n) is 7.30. The second-order valence-electron chi connectivity index (χ2n) is 6.32. The molecule has 0 spiro atoms. The summed E-state index contributed by atoms with van der Waals surface area (Å²) in [5, 5.41) is 3.74. The van der Waals surface area contributed by atoms with Gasteiger partial charge in [0.15, 0.2) is 0 Å². The molecule has 0 aromatic heterocycles. The second kappa shape index (κ2) is 4.30. The van der Waals surface area contributed by atoms with Crippen LogP contribution in [0.5, 0.6) is 0 Å². The molecule has 0 saturated heterocycles. The molecule has 0 aromatic rings. The van der Waals surface area contributed by atoms with Gasteiger partial charge < -0.3 is 11.1 Å². The van der Waals surface area contributed by atoms with Gasteiger partial charge >= 0.3 is 0 Å². The molecule has 2 bridgehead atoms. The maximum Gasteiger partial charge on any atom is 0.0165 e. The second-order valence-corrected chi connectivity index (χ2v) is 6.32. The quantitative estimate of drug-likeness (QED) is 0.722. The topological polar surface area (TPSA) is 38.0 Å². The van der Waals surface area contributed by atoms with Crippen LogP contribution in [0.3, 0.4) is 0 Å². The van der Waals surface area contributed by atoms with Gasteiger partial charge in [0.2, 0.25) is 0 Å². The predicted molar refractivity (Wildman–Crippen MR) is 67.1 cm³/mol. The van der Waals surface area contributed by atoms with Crippen LogP contribution in [0.2, 0.25) is 0 Å². The maximum atomic E-state index is 6.11. The van der Waals surface area contributed by atoms with E-state index in [1.165, 1.54) is 32.1 Å². The van der Waals surface area contributed by atoms with Gasteiger partial charge in [-0.1, -0.05) is 19.8 Å². The van der Waals surface area contributed by atoms with Crippen molar-refractivity contribution in [1.82, 2.24) is 5.32 Å². The molecule has 2 heteroatoms. The van der Waals surface area contributed by atoms with Crippen LogP contribution in [0.4, 0.5) is 0 Å². The van der Waals surface area contributed by atoms with Crippen LogP contribution in [0.1, 0.15) is 45.4 Å². The largest absolute Gasteiger partial charge is 0.327 e. The SMILES string of the molecule is CCCCC(N)CNC1C2C3CCC(C3)C12. The fourth-order valence-electron chi connectivity index (χ4n) is 4.45. The van der Waals surface area contributed by atoms with E-state index in [9.17, 15) is 0 Å². The highest BCUT2D eigenvalue weighted by atomic mass is 15.0. The number of rotatable bonds is 6. The summed E-state index contributed by atoms with van der Waals surface area (Å²) in [5.74, 6) is 4.27. The van der Waals surface area contributed by atoms with Crippen molar-refractivity contribution < 1.29 is 0 Å². The van der Waals surface area contributed by atoms with E-state index in [0.717, 1.165) is 36.3 Å². The van der Waals surface area contributed by atoms with Crippen molar-refractivity contribution in [2.24, 2.45) is 29.4 Å². The van der Waals surface area contributed by atoms with E-state index in [1.807, 2.05) is 0 Å². The zero-order valence-electron chi connectivity index (χ0n) is 10.5. The van der Waals surface area contributed by atoms with E-state index in [0.29, 0.717) is 6.04 Å². The third kappa shape index (κ3) is 1.80. The number of fused-ring (bicyclic) bond motifs is 5. The molecule has 5 atom stereocenters. The van der Waals surface area contributed by atoms with Crippen molar-refractivity contribution >= 4 is 0 Å². The smallest absolute Gasteiger partial charge is 0.0165 e. The van der Waals surface area contributed by atoms with E-state index in [1.54, 1.807) is 6.42 Å². The van der Waals surface area contributed by atoms with Crippen LogP contribution < -0.4 is 11.1 Å². The van der Waals surface area contributed by atoms with Gasteiger partial charge in [-0.25, -0.2) is 0 Å². The molecule has 0 aliphatic heterocycles. The molecule has 2 nitrogen and oxygen atoms in total. The molecule has 0 radical (unpaired) electrons. The van der Waals surface area contributed by atoms with Crippen LogP contribution in [0, 0.1) is 23.7 Å². The summed E-state index contributed by atoms with van der Waals surface area (Å²) in [6, 6.07) is 1.25. The van der Waals surface area contributed by atoms with Gasteiger partial charge in [0.05, 0.1) is 0 Å². The zero-order valence-corrected chi connectivity index (χ0v) is 10.5. The Labute approximate surface area is 99.4 Å². The van der Waals surface area contributed by atoms with Crippen LogP contribution in [0.15, 0.2) is 0 Å². The number of hydrogen-bond donors (Lipinski definition) is 2. The molecule has 0 amide bonds. The van der Waals surface area contributed by atoms with E-state index in [-0.39, 0.29) is 0 Å². The summed E-state index contributed by atoms with van der Waals surface area (Å²) in [6.45, 7) is 3.29. The molecule has 0 heterocycles. The zero-order chi connectivity index (χ0) is 11.1. The molecule has 3 aliphatic carbocycles. The lowest BCUT2D eigenvalue weighted by molar-refractivity contribution is 0.439. The fourth-order valence-corrected chi connectivity index (χ4v) is 4.45. The molecular weight excluding hydrogens is 196 g/mol. The van der Waals surface area contributed by atoms with Crippen molar-refractivity contribution in [2.45, 2.75) is 57.5 Å². The summed E-state index contributed by atoms with van der Waals surface area (Å²) in [5.41, 5.74) is 6.11. The summed E-state index contributed by atoms with van der Waals surface area (Å²) >= 11 is 0. The third-order valence-corrected chi connectivity index (χ3v) is 5.28. The molecule has 3 N–H and O–H groups in total. The number of unbranched alkanes of at least 4 members (excludes halogenated alkanes) is 1. The van der Waals surface area contributed by atoms with Crippen LogP contribution in [0.25, 0.3) is 0 Å². The molecular formula is C14H26N2. The average molecular weight is 222 g/mol. The van der Waals surface area contributed by atoms with Gasteiger partial charge in [0.25, 0.3) is 0 Å². The van der Waals surface area contributed by atoms with Gasteiger partial charge in [-0.05, 0) is 49.4 Å². The van der Waals surface area contributed by atoms with E-state index in [4.69, 9.17) is 5.73 Å². The third-order valence-electron chi connectivity index (χ3n) is 5.28. The Morgan fingerprint density at radius 1 is 1.25 bits per heavy atom. The van der Waals surface area contributed by atoms with Crippen LogP contribution in [-0.2, 0) is 0 Å². The van der Waals surface area contributed by atoms with E-state index < -0.39 is 0 Å². The molecule has 3 aliphatic rings. The number of hydrogen-bond acceptors (Lipinski definition) is 2. The standard InChI is InChI=1S/C14H26N2/c1-2-3-4-11(15)8-16-14-12-9-5-6-10(7-9)13(12)14/h9-14,16H,2-8,15H2,1H3. The van der Waals surface area contributed by atoms with Crippen molar-refractivity contribution in [3.8, 4) is 0 Å². The monoisotopic (exact) mass is 222 g/mol. The molecule has 3 rings (SSSR count). The Kier molecular flexibility index (Phi) is 2.97. The summed E-state index contributed by atoms with van der Waals surface area (Å²) in [7, 11) is 0. The molecule has 5 unspecified atom stereocenters. The Morgan fingerprint density at radius 2 is 1.94 bits per heavy atom. The fraction of sp³-hybridized carbons (Fsp3) is 1.00. The summed E-state index contributed by atoms with van der Waals surface area (Å²) in [4.78, 5) is 0. The van der Waals surface area contributed by atoms with Crippen molar-refractivity contribution in [3.05, 3.63) is 0 Å². The van der Waals surface area contributed by atoms with Gasteiger partial charge in [0, 0.05) is 18.6 Å². The summed E-state index contributed by atoms with van der Waals surface area (Å²) in [6.07, 6.45) is 8.34. The van der Waals surface area contributed by atoms with Crippen molar-refractivity contribution in [1.29, 1.82) is 0 Å². The van der Waals surface area contributed by atoms with Crippen LogP contribution in [-0.4, -0.2) is 18.6 Å². The lowest BCUT2D eigenvalue weighted by atomic mass is 10.0. The first-order chi connectivity index (χ1) is 7.81. The first-order valence-corrected chi connectivity index (χ1v) is 7.30. The van der Waals surface area contributed by atoms with Gasteiger partial charge in [-0.15, -0.1) is 0 Å². The van der Waals surface area contributed by atoms with Crippen LogP contribution >= 0.6 is 0 Å². The Morgan fingerprint density at radius 3 is 2.56 bits per heavy atom. The van der Waals surface area contributed by atoms with E-state index >= 15 is 0 Å². The Bertz CT molecular complexity index is 237. The highest BCUT2D eigenvalue weighted by molar-refractivity contribution is 5.16. The van der Waals surface area contributed by atoms with E-state index in [2.05, 4.69) is 12.2 Å². The van der Waals surface area contributed by atoms with Gasteiger partial charge in [-0.2, -0.15) is 0 Å². The summed E-state index contributed by atoms with van der Waals surface area (Å²) < 4.78 is 0. The Balaban J connectivity index is 1.39. The molecule has 16 heavy (non-hydrogen) atoms. The molecule has 3 saturated carbocycles. The van der Waals surface area contributed by atoms with Crippen molar-refractivity contribution in [3.63, 3.8) is 0 Å². The highest BCUT2D eigenvalue weighted by Gasteiger charge is 2.64. The average Bonchev–Trinajstić information content (AvgIpc) is 2.69. The lowest BCUT2D eigenvalue weighted by Gasteiger charge is -2.14. The minimum Gasteiger partial charge on any atom is -0.327 e. The van der Waals surface area contributed by atoms with Crippen molar-refractivity contribution in [2.75, 3.05) is 6.54 Å². The highest BCUT2D eigenvalue weighted by Crippen LogP contribution is 2.65. The molecule has 3 fully saturated rings. The minimum absolute atomic E-state index is 0.388. The normalized spacial score (nSPS) is 45.8. The maximum absolute atomic E-state index is 6.11. The first kappa shape index (κ1) is 11.0. The van der Waals surface area contributed by atoms with Gasteiger partial charge in [-0.3, -0.25) is 0 Å². The number of nitrogens with one attached hydrogen (secondary N) is 1. The minimum atomic E-state index is 0.388. The molecule has 0 aromatic carbocycles. The number of nitrogens with two attached hydrogens (primary N) is 1. The Hall–Kier alpha value is -0.0800. The predicted octanol–water partition coefficient (Wildman–Crippen LogP) is 2.14. The lowest BCUT2D eigenvalue weighted by Crippen LogP contribution is -2.36. The molecule has 92 valence electrons.